The van der Waals surface area contributed by atoms with Crippen LogP contribution in [0.5, 0.6) is 5.75 Å². The number of carbonyl (C=O) groups is 1. The molecule has 4 rings (SSSR count). The number of alkyl halides is 3. The molecule has 0 aromatic heterocycles. The average molecular weight is 437 g/mol. The van der Waals surface area contributed by atoms with E-state index >= 15 is 0 Å². The highest BCUT2D eigenvalue weighted by atomic mass is 32.2. The Kier molecular flexibility index (Phi) is 5.72. The molecule has 0 radical (unpaired) electrons. The van der Waals surface area contributed by atoms with E-state index in [0.29, 0.717) is 48.7 Å². The zero-order valence-electron chi connectivity index (χ0n) is 16.2. The molecule has 2 aromatic rings. The van der Waals surface area contributed by atoms with Crippen LogP contribution in [0.3, 0.4) is 0 Å². The molecule has 2 fully saturated rings. The third kappa shape index (κ3) is 4.44. The minimum Gasteiger partial charge on any atom is -0.490 e. The minimum absolute atomic E-state index is 0.0653. The number of aliphatic hydroxyl groups is 1. The number of piperidine rings is 1. The number of benzene rings is 2. The average Bonchev–Trinajstić information content (AvgIpc) is 2.72. The van der Waals surface area contributed by atoms with Crippen LogP contribution in [0, 0.1) is 0 Å². The molecule has 4 nitrogen and oxygen atoms in total. The van der Waals surface area contributed by atoms with Crippen LogP contribution in [-0.2, 0) is 11.8 Å². The Morgan fingerprint density at radius 3 is 2.13 bits per heavy atom. The largest absolute Gasteiger partial charge is 0.490 e. The third-order valence-corrected chi connectivity index (χ3v) is 6.93. The number of halogens is 3. The molecule has 2 aliphatic heterocycles. The summed E-state index contributed by atoms with van der Waals surface area (Å²) < 4.78 is 43.7. The normalized spacial score (nSPS) is 19.3. The van der Waals surface area contributed by atoms with E-state index < -0.39 is 17.3 Å². The monoisotopic (exact) mass is 437 g/mol. The molecule has 0 spiro atoms. The van der Waals surface area contributed by atoms with E-state index in [1.165, 1.54) is 12.1 Å². The van der Waals surface area contributed by atoms with Gasteiger partial charge in [0, 0.05) is 43.0 Å². The van der Waals surface area contributed by atoms with Gasteiger partial charge in [0.05, 0.1) is 5.56 Å². The van der Waals surface area contributed by atoms with Crippen LogP contribution in [-0.4, -0.2) is 46.6 Å². The van der Waals surface area contributed by atoms with Crippen molar-refractivity contribution >= 4 is 17.7 Å². The van der Waals surface area contributed by atoms with Gasteiger partial charge in [-0.1, -0.05) is 12.1 Å². The third-order valence-electron chi connectivity index (χ3n) is 5.56. The van der Waals surface area contributed by atoms with E-state index in [-0.39, 0.29) is 12.0 Å². The maximum Gasteiger partial charge on any atom is 0.416 e. The number of likely N-dealkylation sites (tertiary alicyclic amines) is 1. The van der Waals surface area contributed by atoms with Crippen LogP contribution in [0.4, 0.5) is 13.2 Å². The van der Waals surface area contributed by atoms with Gasteiger partial charge in [0.15, 0.2) is 0 Å². The lowest BCUT2D eigenvalue weighted by Crippen LogP contribution is -2.42. The minimum atomic E-state index is -4.36. The van der Waals surface area contributed by atoms with Crippen molar-refractivity contribution in [2.75, 3.05) is 24.6 Å². The van der Waals surface area contributed by atoms with Gasteiger partial charge in [0.25, 0.3) is 5.91 Å². The highest BCUT2D eigenvalue weighted by Crippen LogP contribution is 2.38. The number of ether oxygens (including phenoxy) is 1. The van der Waals surface area contributed by atoms with Gasteiger partial charge in [0.1, 0.15) is 17.5 Å². The molecule has 0 aliphatic carbocycles. The van der Waals surface area contributed by atoms with Crippen molar-refractivity contribution in [3.05, 3.63) is 65.2 Å². The number of thioether (sulfide) groups is 1. The van der Waals surface area contributed by atoms with Gasteiger partial charge in [-0.15, -0.1) is 0 Å². The Hall–Kier alpha value is -2.19. The maximum atomic E-state index is 12.8. The summed E-state index contributed by atoms with van der Waals surface area (Å²) in [7, 11) is 0. The Bertz CT molecular complexity index is 887. The molecule has 30 heavy (non-hydrogen) atoms. The van der Waals surface area contributed by atoms with Crippen LogP contribution in [0.15, 0.2) is 48.5 Å². The number of amides is 1. The highest BCUT2D eigenvalue weighted by molar-refractivity contribution is 8.00. The number of nitrogens with zero attached hydrogens (tertiary/aromatic N) is 1. The van der Waals surface area contributed by atoms with Crippen molar-refractivity contribution in [3.8, 4) is 5.75 Å². The summed E-state index contributed by atoms with van der Waals surface area (Å²) >= 11 is 1.69. The second-order valence-corrected chi connectivity index (χ2v) is 8.72. The summed E-state index contributed by atoms with van der Waals surface area (Å²) in [4.78, 5) is 14.5. The molecule has 0 saturated carbocycles. The first kappa shape index (κ1) is 21.1. The molecule has 160 valence electrons. The van der Waals surface area contributed by atoms with E-state index in [1.54, 1.807) is 28.8 Å². The van der Waals surface area contributed by atoms with Gasteiger partial charge in [-0.3, -0.25) is 4.79 Å². The number of rotatable bonds is 4. The molecule has 0 bridgehead atoms. The zero-order chi connectivity index (χ0) is 21.4. The van der Waals surface area contributed by atoms with E-state index in [9.17, 15) is 23.1 Å². The van der Waals surface area contributed by atoms with E-state index in [4.69, 9.17) is 4.74 Å². The van der Waals surface area contributed by atoms with Gasteiger partial charge < -0.3 is 14.7 Å². The smallest absolute Gasteiger partial charge is 0.416 e. The predicted octanol–water partition coefficient (Wildman–Crippen LogP) is 4.32. The molecule has 2 heterocycles. The first-order chi connectivity index (χ1) is 14.2. The SMILES string of the molecule is O=C(c1ccc(C2(O)CSC2)cc1)N1CCC(Oc2ccc(C(F)(F)F)cc2)CC1. The summed E-state index contributed by atoms with van der Waals surface area (Å²) in [5, 5.41) is 10.4. The standard InChI is InChI=1S/C22H22F3NO3S/c23-22(24,25)17-5-7-18(8-6-17)29-19-9-11-26(12-10-19)20(27)15-1-3-16(4-2-15)21(28)13-30-14-21/h1-8,19,28H,9-14H2. The molecular formula is C22H22F3NO3S. The molecule has 2 aliphatic rings. The molecular weight excluding hydrogens is 415 g/mol. The second kappa shape index (κ2) is 8.15. The van der Waals surface area contributed by atoms with Gasteiger partial charge >= 0.3 is 6.18 Å². The van der Waals surface area contributed by atoms with Crippen LogP contribution < -0.4 is 4.74 Å². The Balaban J connectivity index is 1.30. The van der Waals surface area contributed by atoms with Gasteiger partial charge in [0.2, 0.25) is 0 Å². The molecule has 0 atom stereocenters. The van der Waals surface area contributed by atoms with Crippen molar-refractivity contribution in [3.63, 3.8) is 0 Å². The lowest BCUT2D eigenvalue weighted by atomic mass is 9.95. The van der Waals surface area contributed by atoms with Gasteiger partial charge in [-0.05, 0) is 42.0 Å². The molecule has 2 aromatic carbocycles. The lowest BCUT2D eigenvalue weighted by Gasteiger charge is -2.36. The predicted molar refractivity (Wildman–Crippen MR) is 109 cm³/mol. The van der Waals surface area contributed by atoms with Crippen molar-refractivity contribution in [1.29, 1.82) is 0 Å². The second-order valence-electron chi connectivity index (χ2n) is 7.73. The summed E-state index contributed by atoms with van der Waals surface area (Å²) in [6, 6.07) is 11.8. The Morgan fingerprint density at radius 2 is 1.63 bits per heavy atom. The number of hydrogen-bond acceptors (Lipinski definition) is 4. The Morgan fingerprint density at radius 1 is 1.03 bits per heavy atom. The topological polar surface area (TPSA) is 49.8 Å². The quantitative estimate of drug-likeness (QED) is 0.774. The zero-order valence-corrected chi connectivity index (χ0v) is 17.0. The molecule has 1 N–H and O–H groups in total. The Labute approximate surface area is 177 Å². The van der Waals surface area contributed by atoms with Crippen molar-refractivity contribution in [2.24, 2.45) is 0 Å². The fourth-order valence-corrected chi connectivity index (χ4v) is 4.58. The van der Waals surface area contributed by atoms with Crippen LogP contribution in [0.1, 0.15) is 34.3 Å². The molecule has 1 amide bonds. The molecule has 8 heteroatoms. The highest BCUT2D eigenvalue weighted by Gasteiger charge is 2.37. The van der Waals surface area contributed by atoms with Gasteiger partial charge in [-0.25, -0.2) is 0 Å². The summed E-state index contributed by atoms with van der Waals surface area (Å²) in [5.41, 5.74) is -0.0670. The fraction of sp³-hybridized carbons (Fsp3) is 0.409. The van der Waals surface area contributed by atoms with Crippen LogP contribution in [0.25, 0.3) is 0 Å². The first-order valence-electron chi connectivity index (χ1n) is 9.78. The van der Waals surface area contributed by atoms with Crippen LogP contribution in [0.2, 0.25) is 0 Å². The van der Waals surface area contributed by atoms with Crippen molar-refractivity contribution < 1.29 is 27.8 Å². The summed E-state index contributed by atoms with van der Waals surface area (Å²) in [6.45, 7) is 1.04. The molecule has 2 saturated heterocycles. The van der Waals surface area contributed by atoms with Crippen LogP contribution >= 0.6 is 11.8 Å². The lowest BCUT2D eigenvalue weighted by molar-refractivity contribution is -0.137. The van der Waals surface area contributed by atoms with Crippen molar-refractivity contribution in [1.82, 2.24) is 4.90 Å². The number of hydrogen-bond donors (Lipinski definition) is 1. The fourth-order valence-electron chi connectivity index (χ4n) is 3.66. The summed E-state index contributed by atoms with van der Waals surface area (Å²) in [5.74, 6) is 1.68. The first-order valence-corrected chi connectivity index (χ1v) is 10.9. The van der Waals surface area contributed by atoms with E-state index in [1.807, 2.05) is 12.1 Å². The summed E-state index contributed by atoms with van der Waals surface area (Å²) in [6.07, 6.45) is -3.28. The van der Waals surface area contributed by atoms with Crippen molar-refractivity contribution in [2.45, 2.75) is 30.7 Å². The number of carbonyl (C=O) groups excluding carboxylic acids is 1. The molecule has 0 unspecified atom stereocenters. The van der Waals surface area contributed by atoms with E-state index in [2.05, 4.69) is 0 Å². The van der Waals surface area contributed by atoms with E-state index in [0.717, 1.165) is 17.7 Å². The maximum absolute atomic E-state index is 12.8. The van der Waals surface area contributed by atoms with Gasteiger partial charge in [-0.2, -0.15) is 24.9 Å².